The maximum Gasteiger partial charge on any atom is 0.137 e. The summed E-state index contributed by atoms with van der Waals surface area (Å²) in [6, 6.07) is 12.2. The average molecular weight is 397 g/mol. The fraction of sp³-hybridized carbons (Fsp3) is 0.458. The van der Waals surface area contributed by atoms with E-state index in [0.29, 0.717) is 17.3 Å². The molecular formula is C24H29FN2O2. The molecular weight excluding hydrogens is 367 g/mol. The van der Waals surface area contributed by atoms with Crippen molar-refractivity contribution in [2.24, 2.45) is 11.1 Å². The Bertz CT molecular complexity index is 811. The van der Waals surface area contributed by atoms with Crippen molar-refractivity contribution in [3.8, 4) is 11.5 Å². The third-order valence-electron chi connectivity index (χ3n) is 6.89. The highest BCUT2D eigenvalue weighted by molar-refractivity contribution is 5.34. The zero-order valence-corrected chi connectivity index (χ0v) is 16.8. The van der Waals surface area contributed by atoms with E-state index in [-0.39, 0.29) is 18.6 Å². The molecule has 3 aliphatic carbocycles. The van der Waals surface area contributed by atoms with Crippen molar-refractivity contribution < 1.29 is 13.9 Å². The van der Waals surface area contributed by atoms with Gasteiger partial charge in [-0.1, -0.05) is 12.1 Å². The van der Waals surface area contributed by atoms with Gasteiger partial charge in [0.1, 0.15) is 18.1 Å². The number of fused-ring (bicyclic) bond motifs is 3. The summed E-state index contributed by atoms with van der Waals surface area (Å²) in [5.74, 6) is 1.61. The number of pyridine rings is 1. The van der Waals surface area contributed by atoms with Crippen LogP contribution in [0.25, 0.3) is 0 Å². The van der Waals surface area contributed by atoms with Crippen LogP contribution in [0, 0.1) is 5.41 Å². The number of rotatable bonds is 8. The van der Waals surface area contributed by atoms with Gasteiger partial charge in [0.2, 0.25) is 0 Å². The minimum atomic E-state index is 0.171. The summed E-state index contributed by atoms with van der Waals surface area (Å²) < 4.78 is 24.3. The molecule has 1 heterocycles. The molecule has 0 amide bonds. The summed E-state index contributed by atoms with van der Waals surface area (Å²) in [4.78, 5) is 4.13. The Morgan fingerprint density at radius 1 is 1.00 bits per heavy atom. The van der Waals surface area contributed by atoms with Crippen LogP contribution in [0.4, 0.5) is 4.39 Å². The fourth-order valence-corrected chi connectivity index (χ4v) is 4.80. The number of nitrogens with zero attached hydrogens (tertiary/aromatic N) is 1. The average Bonchev–Trinajstić information content (AvgIpc) is 2.81. The lowest BCUT2D eigenvalue weighted by Crippen LogP contribution is -2.46. The molecule has 4 nitrogen and oxygen atoms in total. The van der Waals surface area contributed by atoms with Gasteiger partial charge in [0.15, 0.2) is 0 Å². The van der Waals surface area contributed by atoms with Crippen molar-refractivity contribution in [3.05, 3.63) is 66.3 Å². The van der Waals surface area contributed by atoms with Gasteiger partial charge in [0, 0.05) is 23.7 Å². The Balaban J connectivity index is 1.35. The number of ether oxygens (including phenoxy) is 2. The van der Waals surface area contributed by atoms with Gasteiger partial charge >= 0.3 is 0 Å². The molecule has 0 unspecified atom stereocenters. The van der Waals surface area contributed by atoms with Crippen molar-refractivity contribution in [1.82, 2.24) is 4.98 Å². The molecule has 2 aromatic rings. The van der Waals surface area contributed by atoms with Crippen LogP contribution >= 0.6 is 0 Å². The first-order chi connectivity index (χ1) is 14.2. The van der Waals surface area contributed by atoms with Crippen molar-refractivity contribution >= 4 is 0 Å². The van der Waals surface area contributed by atoms with E-state index in [1.807, 2.05) is 24.3 Å². The fourth-order valence-electron chi connectivity index (χ4n) is 4.80. The Kier molecular flexibility index (Phi) is 5.86. The topological polar surface area (TPSA) is 57.4 Å². The highest BCUT2D eigenvalue weighted by Crippen LogP contribution is 2.57. The predicted molar refractivity (Wildman–Crippen MR) is 112 cm³/mol. The van der Waals surface area contributed by atoms with E-state index >= 15 is 0 Å². The van der Waals surface area contributed by atoms with E-state index in [1.54, 1.807) is 12.4 Å². The monoisotopic (exact) mass is 396 g/mol. The third kappa shape index (κ3) is 4.30. The smallest absolute Gasteiger partial charge is 0.137 e. The van der Waals surface area contributed by atoms with Crippen LogP contribution in [0.2, 0.25) is 0 Å². The van der Waals surface area contributed by atoms with Crippen LogP contribution in [0.5, 0.6) is 11.5 Å². The first kappa shape index (κ1) is 19.9. The molecule has 2 bridgehead atoms. The number of benzene rings is 1. The van der Waals surface area contributed by atoms with Crippen molar-refractivity contribution in [3.63, 3.8) is 0 Å². The lowest BCUT2D eigenvalue weighted by Gasteiger charge is -2.53. The molecule has 5 rings (SSSR count). The Morgan fingerprint density at radius 3 is 2.31 bits per heavy atom. The molecule has 3 aliphatic rings. The largest absolute Gasteiger partial charge is 0.491 e. The SMILES string of the molecule is NC/C(=C\F)COc1ccc(C23CCC(COc4cccnc4)(CC2)CC3)cc1. The molecule has 0 spiro atoms. The number of hydrogen-bond acceptors (Lipinski definition) is 4. The molecule has 1 aromatic carbocycles. The molecule has 3 saturated carbocycles. The van der Waals surface area contributed by atoms with E-state index in [1.165, 1.54) is 44.1 Å². The zero-order valence-electron chi connectivity index (χ0n) is 16.8. The van der Waals surface area contributed by atoms with Gasteiger partial charge in [-0.25, -0.2) is 4.39 Å². The molecule has 1 aromatic heterocycles. The van der Waals surface area contributed by atoms with Crippen LogP contribution in [-0.2, 0) is 5.41 Å². The maximum absolute atomic E-state index is 12.6. The molecule has 0 saturated heterocycles. The van der Waals surface area contributed by atoms with Gasteiger partial charge < -0.3 is 15.2 Å². The van der Waals surface area contributed by atoms with Crippen LogP contribution < -0.4 is 15.2 Å². The van der Waals surface area contributed by atoms with Crippen molar-refractivity contribution in [1.29, 1.82) is 0 Å². The Hall–Kier alpha value is -2.40. The molecule has 0 atom stereocenters. The molecule has 154 valence electrons. The lowest BCUT2D eigenvalue weighted by atomic mass is 9.52. The highest BCUT2D eigenvalue weighted by Gasteiger charge is 2.49. The molecule has 3 fully saturated rings. The van der Waals surface area contributed by atoms with Gasteiger partial charge in [0.25, 0.3) is 0 Å². The van der Waals surface area contributed by atoms with Crippen LogP contribution in [0.1, 0.15) is 44.1 Å². The number of halogens is 1. The third-order valence-corrected chi connectivity index (χ3v) is 6.89. The second-order valence-electron chi connectivity index (χ2n) is 8.54. The van der Waals surface area contributed by atoms with Crippen molar-refractivity contribution in [2.75, 3.05) is 19.8 Å². The van der Waals surface area contributed by atoms with Gasteiger partial charge in [-0.05, 0) is 73.8 Å². The van der Waals surface area contributed by atoms with Crippen LogP contribution in [-0.4, -0.2) is 24.7 Å². The molecule has 29 heavy (non-hydrogen) atoms. The molecule has 0 aliphatic heterocycles. The summed E-state index contributed by atoms with van der Waals surface area (Å²) in [7, 11) is 0. The maximum atomic E-state index is 12.6. The summed E-state index contributed by atoms with van der Waals surface area (Å²) in [5.41, 5.74) is 7.90. The number of hydrogen-bond donors (Lipinski definition) is 1. The van der Waals surface area contributed by atoms with Gasteiger partial charge in [0.05, 0.1) is 19.1 Å². The van der Waals surface area contributed by atoms with Crippen molar-refractivity contribution in [2.45, 2.75) is 43.9 Å². The van der Waals surface area contributed by atoms with E-state index in [0.717, 1.165) is 18.1 Å². The van der Waals surface area contributed by atoms with E-state index in [9.17, 15) is 4.39 Å². The minimum absolute atomic E-state index is 0.171. The summed E-state index contributed by atoms with van der Waals surface area (Å²) in [6.45, 7) is 1.15. The van der Waals surface area contributed by atoms with E-state index < -0.39 is 0 Å². The predicted octanol–water partition coefficient (Wildman–Crippen LogP) is 4.94. The molecule has 2 N–H and O–H groups in total. The van der Waals surface area contributed by atoms with Crippen LogP contribution in [0.15, 0.2) is 60.7 Å². The van der Waals surface area contributed by atoms with Gasteiger partial charge in [-0.2, -0.15) is 0 Å². The summed E-state index contributed by atoms with van der Waals surface area (Å²) >= 11 is 0. The van der Waals surface area contributed by atoms with Gasteiger partial charge in [-0.3, -0.25) is 4.98 Å². The van der Waals surface area contributed by atoms with E-state index in [2.05, 4.69) is 17.1 Å². The zero-order chi connectivity index (χ0) is 20.2. The van der Waals surface area contributed by atoms with E-state index in [4.69, 9.17) is 15.2 Å². The number of aromatic nitrogens is 1. The highest BCUT2D eigenvalue weighted by atomic mass is 19.1. The second kappa shape index (κ2) is 8.54. The Labute approximate surface area is 171 Å². The Morgan fingerprint density at radius 2 is 1.72 bits per heavy atom. The van der Waals surface area contributed by atoms with Crippen LogP contribution in [0.3, 0.4) is 0 Å². The van der Waals surface area contributed by atoms with Gasteiger partial charge in [-0.15, -0.1) is 0 Å². The summed E-state index contributed by atoms with van der Waals surface area (Å²) in [5, 5.41) is 0. The quantitative estimate of drug-likeness (QED) is 0.686. The first-order valence-electron chi connectivity index (χ1n) is 10.4. The lowest BCUT2D eigenvalue weighted by molar-refractivity contribution is 0.00124. The standard InChI is InChI=1S/C24H29FN2O2/c25-14-19(15-26)17-28-21-5-3-20(4-6-21)24-10-7-23(8-11-24,9-12-24)18-29-22-2-1-13-27-16-22/h1-6,13-14,16H,7-12,15,17-18,26H2/b19-14+. The molecule has 5 heteroatoms. The summed E-state index contributed by atoms with van der Waals surface area (Å²) in [6.07, 6.45) is 11.3. The first-order valence-corrected chi connectivity index (χ1v) is 10.4. The second-order valence-corrected chi connectivity index (χ2v) is 8.54. The number of nitrogens with two attached hydrogens (primary N) is 1. The minimum Gasteiger partial charge on any atom is -0.491 e. The molecule has 0 radical (unpaired) electrons. The normalized spacial score (nSPS) is 26.3.